The summed E-state index contributed by atoms with van der Waals surface area (Å²) < 4.78 is 8.41. The predicted octanol–water partition coefficient (Wildman–Crippen LogP) is 11.9. The van der Waals surface area contributed by atoms with Gasteiger partial charge in [0.15, 0.2) is 0 Å². The molecular formula is C45H32N4O. The Labute approximate surface area is 290 Å². The number of benzene rings is 7. The first-order valence-electron chi connectivity index (χ1n) is 16.7. The van der Waals surface area contributed by atoms with Crippen LogP contribution < -0.4 is 4.90 Å². The Kier molecular flexibility index (Phi) is 7.29. The highest BCUT2D eigenvalue weighted by Crippen LogP contribution is 2.38. The molecule has 0 saturated carbocycles. The van der Waals surface area contributed by atoms with Crippen LogP contribution in [0.25, 0.3) is 61.5 Å². The molecule has 238 valence electrons. The molecule has 0 fully saturated rings. The second-order valence-electron chi connectivity index (χ2n) is 12.5. The van der Waals surface area contributed by atoms with Crippen LogP contribution in [0.3, 0.4) is 0 Å². The Morgan fingerprint density at radius 2 is 0.940 bits per heavy atom. The van der Waals surface area contributed by atoms with Crippen molar-refractivity contribution >= 4 is 38.9 Å². The normalized spacial score (nSPS) is 11.3. The van der Waals surface area contributed by atoms with Gasteiger partial charge in [0.25, 0.3) is 0 Å². The molecule has 2 aromatic heterocycles. The molecule has 9 aromatic rings. The lowest BCUT2D eigenvalue weighted by molar-refractivity contribution is 0.584. The van der Waals surface area contributed by atoms with Gasteiger partial charge in [-0.3, -0.25) is 0 Å². The first-order chi connectivity index (χ1) is 24.7. The van der Waals surface area contributed by atoms with E-state index in [1.54, 1.807) is 0 Å². The quantitative estimate of drug-likeness (QED) is 0.173. The molecule has 0 N–H and O–H groups in total. The molecule has 0 bridgehead atoms. The van der Waals surface area contributed by atoms with Gasteiger partial charge in [0, 0.05) is 44.6 Å². The van der Waals surface area contributed by atoms with Crippen LogP contribution in [-0.2, 0) is 0 Å². The minimum atomic E-state index is 0.492. The van der Waals surface area contributed by atoms with Gasteiger partial charge in [-0.1, -0.05) is 90.5 Å². The number of rotatable bonds is 7. The van der Waals surface area contributed by atoms with Crippen molar-refractivity contribution in [2.75, 3.05) is 4.90 Å². The summed E-state index contributed by atoms with van der Waals surface area (Å²) in [6, 6.07) is 61.6. The molecule has 5 heteroatoms. The molecule has 0 aliphatic heterocycles. The molecule has 50 heavy (non-hydrogen) atoms. The van der Waals surface area contributed by atoms with E-state index in [0.29, 0.717) is 11.8 Å². The summed E-state index contributed by atoms with van der Waals surface area (Å²) >= 11 is 0. The van der Waals surface area contributed by atoms with Gasteiger partial charge in [0.2, 0.25) is 11.8 Å². The highest BCUT2D eigenvalue weighted by molar-refractivity contribution is 6.10. The minimum absolute atomic E-state index is 0.492. The number of aryl methyl sites for hydroxylation is 1. The Bertz CT molecular complexity index is 2570. The molecular weight excluding hydrogens is 613 g/mol. The Morgan fingerprint density at radius 3 is 1.60 bits per heavy atom. The van der Waals surface area contributed by atoms with Crippen molar-refractivity contribution in [1.82, 2.24) is 14.8 Å². The first kappa shape index (κ1) is 29.4. The van der Waals surface area contributed by atoms with Crippen LogP contribution >= 0.6 is 0 Å². The molecule has 0 spiro atoms. The zero-order chi connectivity index (χ0) is 33.4. The highest BCUT2D eigenvalue weighted by atomic mass is 16.4. The molecule has 0 radical (unpaired) electrons. The van der Waals surface area contributed by atoms with Crippen LogP contribution in [0.5, 0.6) is 0 Å². The SMILES string of the molecule is Cc1ccc(-c2nnc(-c3ccc(N(c4ccccc4)c4ccc(-c5ccc6c(c5)c5ccccc5n6-c5ccccc5)cc4)cc3)o2)cc1. The Hall–Kier alpha value is -6.72. The number of anilines is 3. The smallest absolute Gasteiger partial charge is 0.248 e. The number of para-hydroxylation sites is 3. The fourth-order valence-electron chi connectivity index (χ4n) is 6.74. The third kappa shape index (κ3) is 5.31. The second kappa shape index (κ2) is 12.4. The van der Waals surface area contributed by atoms with Crippen molar-refractivity contribution in [3.8, 4) is 39.7 Å². The monoisotopic (exact) mass is 644 g/mol. The molecule has 0 aliphatic rings. The lowest BCUT2D eigenvalue weighted by Crippen LogP contribution is -2.09. The lowest BCUT2D eigenvalue weighted by atomic mass is 10.0. The van der Waals surface area contributed by atoms with Crippen LogP contribution in [0.1, 0.15) is 5.56 Å². The summed E-state index contributed by atoms with van der Waals surface area (Å²) in [6.07, 6.45) is 0. The summed E-state index contributed by atoms with van der Waals surface area (Å²) in [7, 11) is 0. The van der Waals surface area contributed by atoms with E-state index in [0.717, 1.165) is 39.4 Å². The summed E-state index contributed by atoms with van der Waals surface area (Å²) in [4.78, 5) is 2.26. The maximum Gasteiger partial charge on any atom is 0.248 e. The van der Waals surface area contributed by atoms with Crippen molar-refractivity contribution in [3.63, 3.8) is 0 Å². The zero-order valence-electron chi connectivity index (χ0n) is 27.4. The standard InChI is InChI=1S/C45H32N4O/c1-31-16-18-33(19-17-31)44-46-47-45(50-44)34-22-27-39(28-23-34)48(36-10-4-2-5-11-36)38-25-20-32(21-26-38)35-24-29-43-41(30-35)40-14-8-9-15-42(40)49(43)37-12-6-3-7-13-37/h2-30H,1H3. The van der Waals surface area contributed by atoms with E-state index in [1.165, 1.54) is 32.9 Å². The van der Waals surface area contributed by atoms with Crippen LogP contribution in [-0.4, -0.2) is 14.8 Å². The van der Waals surface area contributed by atoms with Gasteiger partial charge in [-0.25, -0.2) is 0 Å². The van der Waals surface area contributed by atoms with Gasteiger partial charge in [-0.2, -0.15) is 0 Å². The molecule has 0 aliphatic carbocycles. The van der Waals surface area contributed by atoms with E-state index in [4.69, 9.17) is 4.42 Å². The minimum Gasteiger partial charge on any atom is -0.416 e. The van der Waals surface area contributed by atoms with Gasteiger partial charge in [0.05, 0.1) is 11.0 Å². The third-order valence-electron chi connectivity index (χ3n) is 9.26. The van der Waals surface area contributed by atoms with E-state index < -0.39 is 0 Å². The van der Waals surface area contributed by atoms with Gasteiger partial charge in [-0.05, 0) is 109 Å². The largest absolute Gasteiger partial charge is 0.416 e. The van der Waals surface area contributed by atoms with E-state index in [2.05, 4.69) is 160 Å². The molecule has 0 unspecified atom stereocenters. The Morgan fingerprint density at radius 1 is 0.440 bits per heavy atom. The average Bonchev–Trinajstić information content (AvgIpc) is 3.80. The lowest BCUT2D eigenvalue weighted by Gasteiger charge is -2.25. The van der Waals surface area contributed by atoms with Gasteiger partial charge >= 0.3 is 0 Å². The summed E-state index contributed by atoms with van der Waals surface area (Å²) in [6.45, 7) is 2.06. The topological polar surface area (TPSA) is 47.1 Å². The van der Waals surface area contributed by atoms with E-state index in [1.807, 2.05) is 42.5 Å². The van der Waals surface area contributed by atoms with Crippen molar-refractivity contribution in [2.24, 2.45) is 0 Å². The zero-order valence-corrected chi connectivity index (χ0v) is 27.4. The van der Waals surface area contributed by atoms with Crippen LogP contribution in [0, 0.1) is 6.92 Å². The van der Waals surface area contributed by atoms with Gasteiger partial charge in [0.1, 0.15) is 0 Å². The average molecular weight is 645 g/mol. The van der Waals surface area contributed by atoms with Crippen molar-refractivity contribution < 1.29 is 4.42 Å². The van der Waals surface area contributed by atoms with Crippen molar-refractivity contribution in [2.45, 2.75) is 6.92 Å². The first-order valence-corrected chi connectivity index (χ1v) is 16.7. The maximum absolute atomic E-state index is 6.06. The highest BCUT2D eigenvalue weighted by Gasteiger charge is 2.16. The maximum atomic E-state index is 6.06. The molecule has 0 amide bonds. The van der Waals surface area contributed by atoms with E-state index in [9.17, 15) is 0 Å². The number of nitrogens with zero attached hydrogens (tertiary/aromatic N) is 4. The summed E-state index contributed by atoms with van der Waals surface area (Å²) in [5.41, 5.74) is 12.0. The van der Waals surface area contributed by atoms with Crippen LogP contribution in [0.15, 0.2) is 180 Å². The Balaban J connectivity index is 1.05. The predicted molar refractivity (Wildman–Crippen MR) is 204 cm³/mol. The molecule has 7 aromatic carbocycles. The third-order valence-corrected chi connectivity index (χ3v) is 9.26. The van der Waals surface area contributed by atoms with Gasteiger partial charge in [-0.15, -0.1) is 10.2 Å². The molecule has 0 atom stereocenters. The molecule has 5 nitrogen and oxygen atoms in total. The van der Waals surface area contributed by atoms with Crippen molar-refractivity contribution in [1.29, 1.82) is 0 Å². The fraction of sp³-hybridized carbons (Fsp3) is 0.0222. The number of hydrogen-bond donors (Lipinski definition) is 0. The van der Waals surface area contributed by atoms with Gasteiger partial charge < -0.3 is 13.9 Å². The van der Waals surface area contributed by atoms with E-state index in [-0.39, 0.29) is 0 Å². The molecule has 9 rings (SSSR count). The summed E-state index contributed by atoms with van der Waals surface area (Å²) in [5, 5.41) is 11.1. The van der Waals surface area contributed by atoms with Crippen LogP contribution in [0.4, 0.5) is 17.1 Å². The van der Waals surface area contributed by atoms with Crippen LogP contribution in [0.2, 0.25) is 0 Å². The summed E-state index contributed by atoms with van der Waals surface area (Å²) in [5.74, 6) is 1.00. The second-order valence-corrected chi connectivity index (χ2v) is 12.5. The molecule has 0 saturated heterocycles. The van der Waals surface area contributed by atoms with E-state index >= 15 is 0 Å². The number of aromatic nitrogens is 3. The van der Waals surface area contributed by atoms with Crippen molar-refractivity contribution in [3.05, 3.63) is 181 Å². The fourth-order valence-corrected chi connectivity index (χ4v) is 6.74. The number of fused-ring (bicyclic) bond motifs is 3. The number of hydrogen-bond acceptors (Lipinski definition) is 4. The molecule has 2 heterocycles.